The Bertz CT molecular complexity index is 1190. The first-order chi connectivity index (χ1) is 12.9. The van der Waals surface area contributed by atoms with Gasteiger partial charge < -0.3 is 10.3 Å². The second-order valence-electron chi connectivity index (χ2n) is 6.18. The van der Waals surface area contributed by atoms with Crippen molar-refractivity contribution in [2.45, 2.75) is 6.54 Å². The summed E-state index contributed by atoms with van der Waals surface area (Å²) in [6.45, 7) is 0.674. The lowest BCUT2D eigenvalue weighted by atomic mass is 10.0. The highest BCUT2D eigenvalue weighted by Gasteiger charge is 2.10. The SMILES string of the molecule is c1cncc(CNc2cc(-c3ccc4[nH]ncc4c3)c3cc[nH]c3n2)c1. The largest absolute Gasteiger partial charge is 0.366 e. The molecule has 26 heavy (non-hydrogen) atoms. The van der Waals surface area contributed by atoms with E-state index in [1.165, 1.54) is 0 Å². The summed E-state index contributed by atoms with van der Waals surface area (Å²) >= 11 is 0. The van der Waals surface area contributed by atoms with E-state index in [4.69, 9.17) is 0 Å². The van der Waals surface area contributed by atoms with Gasteiger partial charge in [0.2, 0.25) is 0 Å². The number of nitrogens with one attached hydrogen (secondary N) is 3. The third kappa shape index (κ3) is 2.57. The highest BCUT2D eigenvalue weighted by Crippen LogP contribution is 2.31. The molecule has 0 unspecified atom stereocenters. The Kier molecular flexibility index (Phi) is 3.38. The van der Waals surface area contributed by atoms with Gasteiger partial charge in [0, 0.05) is 35.9 Å². The predicted octanol–water partition coefficient (Wildman–Crippen LogP) is 4.11. The van der Waals surface area contributed by atoms with Crippen molar-refractivity contribution in [1.29, 1.82) is 0 Å². The fourth-order valence-electron chi connectivity index (χ4n) is 3.17. The van der Waals surface area contributed by atoms with E-state index >= 15 is 0 Å². The molecule has 0 aliphatic heterocycles. The molecule has 0 spiro atoms. The topological polar surface area (TPSA) is 82.3 Å². The summed E-state index contributed by atoms with van der Waals surface area (Å²) in [4.78, 5) is 12.1. The van der Waals surface area contributed by atoms with Gasteiger partial charge in [-0.25, -0.2) is 4.98 Å². The zero-order chi connectivity index (χ0) is 17.3. The minimum absolute atomic E-state index is 0.674. The number of fused-ring (bicyclic) bond motifs is 2. The summed E-state index contributed by atoms with van der Waals surface area (Å²) in [6, 6.07) is 14.4. The molecule has 0 radical (unpaired) electrons. The highest BCUT2D eigenvalue weighted by molar-refractivity contribution is 5.97. The number of pyridine rings is 2. The van der Waals surface area contributed by atoms with Crippen molar-refractivity contribution in [3.63, 3.8) is 0 Å². The molecule has 0 fully saturated rings. The average Bonchev–Trinajstić information content (AvgIpc) is 3.35. The van der Waals surface area contributed by atoms with Gasteiger partial charge in [-0.15, -0.1) is 0 Å². The number of aromatic amines is 2. The van der Waals surface area contributed by atoms with E-state index in [1.807, 2.05) is 30.7 Å². The van der Waals surface area contributed by atoms with Crippen molar-refractivity contribution in [3.8, 4) is 11.1 Å². The molecule has 0 saturated carbocycles. The molecule has 5 aromatic rings. The second-order valence-corrected chi connectivity index (χ2v) is 6.18. The molecular weight excluding hydrogens is 324 g/mol. The summed E-state index contributed by atoms with van der Waals surface area (Å²) in [5.41, 5.74) is 5.28. The Morgan fingerprint density at radius 3 is 2.96 bits per heavy atom. The first-order valence-electron chi connectivity index (χ1n) is 8.41. The van der Waals surface area contributed by atoms with Crippen LogP contribution in [-0.4, -0.2) is 25.1 Å². The van der Waals surface area contributed by atoms with Crippen LogP contribution in [0.3, 0.4) is 0 Å². The number of nitrogens with zero attached hydrogens (tertiary/aromatic N) is 3. The molecule has 1 aromatic carbocycles. The number of aromatic nitrogens is 5. The lowest BCUT2D eigenvalue weighted by molar-refractivity contribution is 1.09. The molecule has 4 aromatic heterocycles. The number of H-pyrrole nitrogens is 2. The molecule has 0 saturated heterocycles. The highest BCUT2D eigenvalue weighted by atomic mass is 15.1. The molecule has 0 amide bonds. The van der Waals surface area contributed by atoms with Crippen LogP contribution in [0.1, 0.15) is 5.56 Å². The predicted molar refractivity (Wildman–Crippen MR) is 103 cm³/mol. The average molecular weight is 340 g/mol. The van der Waals surface area contributed by atoms with Gasteiger partial charge in [0.05, 0.1) is 11.7 Å². The number of anilines is 1. The number of hydrogen-bond acceptors (Lipinski definition) is 4. The maximum atomic E-state index is 4.68. The molecule has 0 atom stereocenters. The zero-order valence-corrected chi connectivity index (χ0v) is 13.9. The molecule has 3 N–H and O–H groups in total. The van der Waals surface area contributed by atoms with Crippen LogP contribution in [0.4, 0.5) is 5.82 Å². The summed E-state index contributed by atoms with van der Waals surface area (Å²) in [5, 5.41) is 12.7. The number of rotatable bonds is 4. The first-order valence-corrected chi connectivity index (χ1v) is 8.41. The first kappa shape index (κ1) is 14.7. The van der Waals surface area contributed by atoms with Gasteiger partial charge in [0.1, 0.15) is 11.5 Å². The number of benzene rings is 1. The van der Waals surface area contributed by atoms with E-state index in [2.05, 4.69) is 60.8 Å². The van der Waals surface area contributed by atoms with Crippen LogP contribution in [0.25, 0.3) is 33.1 Å². The third-order valence-electron chi connectivity index (χ3n) is 4.48. The Morgan fingerprint density at radius 1 is 1.04 bits per heavy atom. The van der Waals surface area contributed by atoms with Gasteiger partial charge in [-0.3, -0.25) is 10.1 Å². The molecule has 0 aliphatic rings. The summed E-state index contributed by atoms with van der Waals surface area (Å²) in [5.74, 6) is 0.825. The molecule has 6 nitrogen and oxygen atoms in total. The summed E-state index contributed by atoms with van der Waals surface area (Å²) in [7, 11) is 0. The van der Waals surface area contributed by atoms with Crippen LogP contribution < -0.4 is 5.32 Å². The van der Waals surface area contributed by atoms with Gasteiger partial charge in [-0.2, -0.15) is 5.10 Å². The van der Waals surface area contributed by atoms with Crippen molar-refractivity contribution in [2.75, 3.05) is 5.32 Å². The fourth-order valence-corrected chi connectivity index (χ4v) is 3.17. The van der Waals surface area contributed by atoms with Crippen molar-refractivity contribution in [1.82, 2.24) is 25.1 Å². The summed E-state index contributed by atoms with van der Waals surface area (Å²) < 4.78 is 0. The van der Waals surface area contributed by atoms with E-state index in [9.17, 15) is 0 Å². The Hall–Kier alpha value is -3.67. The Labute approximate surface area is 149 Å². The Balaban J connectivity index is 1.56. The van der Waals surface area contributed by atoms with Crippen LogP contribution in [0.2, 0.25) is 0 Å². The lowest BCUT2D eigenvalue weighted by Gasteiger charge is -2.10. The van der Waals surface area contributed by atoms with Crippen LogP contribution in [0.5, 0.6) is 0 Å². The summed E-state index contributed by atoms with van der Waals surface area (Å²) in [6.07, 6.45) is 7.39. The second kappa shape index (κ2) is 6.00. The van der Waals surface area contributed by atoms with Crippen LogP contribution in [-0.2, 0) is 6.54 Å². The van der Waals surface area contributed by atoms with Gasteiger partial charge >= 0.3 is 0 Å². The van der Waals surface area contributed by atoms with Crippen molar-refractivity contribution >= 4 is 27.8 Å². The van der Waals surface area contributed by atoms with Gasteiger partial charge in [-0.05, 0) is 47.0 Å². The minimum Gasteiger partial charge on any atom is -0.366 e. The van der Waals surface area contributed by atoms with E-state index in [1.54, 1.807) is 6.20 Å². The minimum atomic E-state index is 0.674. The van der Waals surface area contributed by atoms with E-state index in [0.717, 1.165) is 44.4 Å². The molecule has 6 heteroatoms. The molecule has 5 rings (SSSR count). The lowest BCUT2D eigenvalue weighted by Crippen LogP contribution is -2.02. The van der Waals surface area contributed by atoms with Crippen LogP contribution in [0.15, 0.2) is 67.3 Å². The van der Waals surface area contributed by atoms with Gasteiger partial charge in [0.15, 0.2) is 0 Å². The number of hydrogen-bond donors (Lipinski definition) is 3. The van der Waals surface area contributed by atoms with Crippen LogP contribution >= 0.6 is 0 Å². The monoisotopic (exact) mass is 340 g/mol. The third-order valence-corrected chi connectivity index (χ3v) is 4.48. The van der Waals surface area contributed by atoms with Crippen molar-refractivity contribution in [2.24, 2.45) is 0 Å². The van der Waals surface area contributed by atoms with E-state index in [0.29, 0.717) is 6.54 Å². The van der Waals surface area contributed by atoms with E-state index in [-0.39, 0.29) is 0 Å². The smallest absolute Gasteiger partial charge is 0.140 e. The maximum absolute atomic E-state index is 4.68. The van der Waals surface area contributed by atoms with Crippen molar-refractivity contribution in [3.05, 3.63) is 72.8 Å². The molecule has 0 bridgehead atoms. The maximum Gasteiger partial charge on any atom is 0.140 e. The van der Waals surface area contributed by atoms with Gasteiger partial charge in [-0.1, -0.05) is 12.1 Å². The molecule has 0 aliphatic carbocycles. The molecule has 4 heterocycles. The van der Waals surface area contributed by atoms with Crippen LogP contribution in [0, 0.1) is 0 Å². The Morgan fingerprint density at radius 2 is 2.04 bits per heavy atom. The fraction of sp³-hybridized carbons (Fsp3) is 0.0500. The molecule has 126 valence electrons. The molecular formula is C20H16N6. The quantitative estimate of drug-likeness (QED) is 0.460. The van der Waals surface area contributed by atoms with Crippen molar-refractivity contribution < 1.29 is 0 Å². The van der Waals surface area contributed by atoms with E-state index < -0.39 is 0 Å². The normalized spacial score (nSPS) is 11.2. The standard InChI is InChI=1S/C20H16N6/c1-2-13(10-21-6-1)11-23-19-9-17(16-5-7-22-20(16)25-19)14-3-4-18-15(8-14)12-24-26-18/h1-10,12H,11H2,(H,24,26)(H2,22,23,25). The zero-order valence-electron chi connectivity index (χ0n) is 13.9. The van der Waals surface area contributed by atoms with Gasteiger partial charge in [0.25, 0.3) is 0 Å².